The molecule has 1 fully saturated rings. The fraction of sp³-hybridized carbons (Fsp3) is 0.212. The molecule has 5 heterocycles. The third kappa shape index (κ3) is 7.23. The third-order valence-corrected chi connectivity index (χ3v) is 15.2. The Balaban J connectivity index is 0.966. The topological polar surface area (TPSA) is 27.1 Å². The van der Waals surface area contributed by atoms with E-state index in [2.05, 4.69) is 177 Å². The van der Waals surface area contributed by atoms with Crippen LogP contribution in [0.25, 0.3) is 60.6 Å². The molecule has 8 aromatic carbocycles. The molecule has 2 bridgehead atoms. The van der Waals surface area contributed by atoms with Crippen LogP contribution < -0.4 is 13.7 Å². The Morgan fingerprint density at radius 2 is 1.17 bits per heavy atom. The minimum atomic E-state index is -2.40. The SMILES string of the molecule is [2H]C([2H])([2H])c1cc(-n2c3ccccc3c3ccc(Oc4cccc([N@@+]56[CH-][N@@+](c7cc(C(C)(C)C)cc(C(C)(C)C)c7)(C5)c5c(-c7cccc(C(C)(C)C)c7)cccc56)c4)cc32)ncc1-c1cccc2ccccc12. The van der Waals surface area contributed by atoms with Gasteiger partial charge in [-0.05, 0) is 110 Å². The van der Waals surface area contributed by atoms with E-state index in [9.17, 15) is 0 Å². The summed E-state index contributed by atoms with van der Waals surface area (Å²) >= 11 is 0. The van der Waals surface area contributed by atoms with Gasteiger partial charge in [-0.25, -0.2) is 4.98 Å². The lowest BCUT2D eigenvalue weighted by molar-refractivity contribution is 0.187. The van der Waals surface area contributed by atoms with E-state index >= 15 is 0 Å². The molecule has 0 aliphatic carbocycles. The van der Waals surface area contributed by atoms with Gasteiger partial charge >= 0.3 is 0 Å². The summed E-state index contributed by atoms with van der Waals surface area (Å²) in [5, 5.41) is 4.08. The standard InChI is InChI=1S/C66H63N4O/c1-43-33-62(67-40-58(43)55-28-16-20-44-19-11-12-25-53(44)55)68-59-29-14-13-26-56(59)57-32-31-52(39-60(57)68)71-51-24-17-23-49(38-51)69-41-70(42-69,50-36-47(65(5,6)7)35-48(37-50)66(8,9)10)63-54(27-18-30-61(63)69)45-21-15-22-46(34-45)64(2,3)4/h11-41H,42H2,1-10H3/q+1/t69-,70+/m1/s1/i1D3. The van der Waals surface area contributed by atoms with E-state index in [1.807, 2.05) is 66.7 Å². The lowest BCUT2D eigenvalue weighted by atomic mass is 9.80. The summed E-state index contributed by atoms with van der Waals surface area (Å²) in [5.41, 5.74) is 14.8. The molecule has 2 aromatic heterocycles. The number of ether oxygens (including phenoxy) is 1. The number of rotatable bonds is 7. The average Bonchev–Trinajstić information content (AvgIpc) is 3.97. The predicted octanol–water partition coefficient (Wildman–Crippen LogP) is 18.0. The molecule has 13 rings (SSSR count). The van der Waals surface area contributed by atoms with E-state index in [0.717, 1.165) is 56.2 Å². The second kappa shape index (κ2) is 15.8. The van der Waals surface area contributed by atoms with Gasteiger partial charge in [0.1, 0.15) is 28.7 Å². The number of hydrogen-bond donors (Lipinski definition) is 0. The first-order valence-electron chi connectivity index (χ1n) is 26.5. The van der Waals surface area contributed by atoms with Crippen LogP contribution >= 0.6 is 0 Å². The van der Waals surface area contributed by atoms with Crippen LogP contribution in [0.5, 0.6) is 11.5 Å². The molecule has 0 radical (unpaired) electrons. The van der Waals surface area contributed by atoms with Crippen LogP contribution in [0.2, 0.25) is 0 Å². The van der Waals surface area contributed by atoms with Gasteiger partial charge in [-0.15, -0.1) is 0 Å². The predicted molar refractivity (Wildman–Crippen MR) is 299 cm³/mol. The van der Waals surface area contributed by atoms with E-state index in [-0.39, 0.29) is 21.8 Å². The number of aromatic nitrogens is 2. The normalized spacial score (nSPS) is 18.5. The molecule has 10 aromatic rings. The zero-order chi connectivity index (χ0) is 51.7. The van der Waals surface area contributed by atoms with Gasteiger partial charge in [-0.2, -0.15) is 0 Å². The highest BCUT2D eigenvalue weighted by atomic mass is 16.5. The lowest BCUT2D eigenvalue weighted by Crippen LogP contribution is -2.67. The highest BCUT2D eigenvalue weighted by Crippen LogP contribution is 2.68. The highest BCUT2D eigenvalue weighted by molar-refractivity contribution is 6.09. The summed E-state index contributed by atoms with van der Waals surface area (Å²) in [4.78, 5) is 5.04. The van der Waals surface area contributed by atoms with Gasteiger partial charge < -0.3 is 4.74 Å². The smallest absolute Gasteiger partial charge is 0.188 e. The van der Waals surface area contributed by atoms with E-state index in [4.69, 9.17) is 13.8 Å². The van der Waals surface area contributed by atoms with Crippen molar-refractivity contribution in [2.24, 2.45) is 0 Å². The number of hydrogen-bond acceptors (Lipinski definition) is 2. The van der Waals surface area contributed by atoms with Gasteiger partial charge in [-0.3, -0.25) is 13.5 Å². The van der Waals surface area contributed by atoms with Crippen LogP contribution in [0.1, 0.15) is 88.7 Å². The van der Waals surface area contributed by atoms with E-state index < -0.39 is 6.85 Å². The van der Waals surface area contributed by atoms with E-state index in [1.54, 1.807) is 12.3 Å². The second-order valence-corrected chi connectivity index (χ2v) is 23.0. The zero-order valence-electron chi connectivity index (χ0n) is 45.3. The molecule has 352 valence electrons. The van der Waals surface area contributed by atoms with Gasteiger partial charge in [0.15, 0.2) is 18.0 Å². The van der Waals surface area contributed by atoms with Gasteiger partial charge in [-0.1, -0.05) is 165 Å². The molecule has 5 heteroatoms. The summed E-state index contributed by atoms with van der Waals surface area (Å²) in [6.45, 7) is 21.7. The Hall–Kier alpha value is -7.31. The maximum Gasteiger partial charge on any atom is 0.188 e. The van der Waals surface area contributed by atoms with Crippen molar-refractivity contribution in [1.82, 2.24) is 18.5 Å². The highest BCUT2D eigenvalue weighted by Gasteiger charge is 2.64. The molecule has 0 N–H and O–H groups in total. The minimum Gasteiger partial charge on any atom is -0.457 e. The van der Waals surface area contributed by atoms with Crippen LogP contribution in [-0.4, -0.2) is 16.2 Å². The van der Waals surface area contributed by atoms with E-state index in [0.29, 0.717) is 26.1 Å². The summed E-state index contributed by atoms with van der Waals surface area (Å²) in [6.07, 6.45) is 1.73. The van der Waals surface area contributed by atoms with Crippen molar-refractivity contribution >= 4 is 55.3 Å². The number of quaternary nitrogens is 2. The largest absolute Gasteiger partial charge is 0.457 e. The summed E-state index contributed by atoms with van der Waals surface area (Å²) in [7, 11) is 0. The van der Waals surface area contributed by atoms with Crippen LogP contribution in [0.15, 0.2) is 182 Å². The van der Waals surface area contributed by atoms with Crippen molar-refractivity contribution in [2.75, 3.05) is 6.67 Å². The zero-order valence-corrected chi connectivity index (χ0v) is 42.3. The Morgan fingerprint density at radius 1 is 0.521 bits per heavy atom. The number of nitrogens with zero attached hydrogens (tertiary/aromatic N) is 4. The van der Waals surface area contributed by atoms with Gasteiger partial charge in [0.25, 0.3) is 0 Å². The maximum atomic E-state index is 8.78. The number of benzene rings is 8. The molecular weight excluding hydrogens is 865 g/mol. The molecule has 1 saturated heterocycles. The van der Waals surface area contributed by atoms with E-state index in [1.165, 1.54) is 44.9 Å². The van der Waals surface area contributed by atoms with Crippen molar-refractivity contribution < 1.29 is 8.85 Å². The molecule has 0 saturated carbocycles. The third-order valence-electron chi connectivity index (χ3n) is 15.2. The monoisotopic (exact) mass is 931 g/mol. The first kappa shape index (κ1) is 41.5. The maximum absolute atomic E-state index is 8.78. The first-order chi connectivity index (χ1) is 35.1. The molecule has 71 heavy (non-hydrogen) atoms. The average molecular weight is 931 g/mol. The summed E-state index contributed by atoms with van der Waals surface area (Å²) in [5.74, 6) is 1.91. The first-order valence-corrected chi connectivity index (χ1v) is 25.0. The Bertz CT molecular complexity index is 3860. The summed E-state index contributed by atoms with van der Waals surface area (Å²) in [6, 6.07) is 62.2. The lowest BCUT2D eigenvalue weighted by Gasteiger charge is -2.56. The van der Waals surface area contributed by atoms with Crippen molar-refractivity contribution in [3.05, 3.63) is 211 Å². The molecule has 5 nitrogen and oxygen atoms in total. The number of para-hydroxylation sites is 2. The Kier molecular flexibility index (Phi) is 9.26. The fourth-order valence-electron chi connectivity index (χ4n) is 11.3. The molecular formula is C66H63N4O+. The molecule has 0 unspecified atom stereocenters. The molecule has 0 amide bonds. The summed E-state index contributed by atoms with van der Waals surface area (Å²) < 4.78 is 36.5. The van der Waals surface area contributed by atoms with Crippen LogP contribution in [0, 0.1) is 13.5 Å². The van der Waals surface area contributed by atoms with Gasteiger partial charge in [0.05, 0.1) is 17.7 Å². The fourth-order valence-corrected chi connectivity index (χ4v) is 11.3. The molecule has 3 aliphatic heterocycles. The van der Waals surface area contributed by atoms with Crippen molar-refractivity contribution in [2.45, 2.75) is 85.4 Å². The minimum absolute atomic E-state index is 0.000529. The second-order valence-electron chi connectivity index (χ2n) is 23.0. The van der Waals surface area contributed by atoms with Crippen molar-refractivity contribution in [3.63, 3.8) is 0 Å². The number of pyridine rings is 1. The van der Waals surface area contributed by atoms with Crippen molar-refractivity contribution in [3.8, 4) is 39.6 Å². The molecule has 2 atom stereocenters. The van der Waals surface area contributed by atoms with Crippen LogP contribution in [0.3, 0.4) is 0 Å². The Morgan fingerprint density at radius 3 is 1.93 bits per heavy atom. The molecule has 3 aliphatic rings. The van der Waals surface area contributed by atoms with Gasteiger partial charge in [0, 0.05) is 62.5 Å². The van der Waals surface area contributed by atoms with Crippen LogP contribution in [-0.2, 0) is 16.2 Å². The molecule has 0 spiro atoms. The van der Waals surface area contributed by atoms with Crippen molar-refractivity contribution in [1.29, 1.82) is 0 Å². The number of fused-ring (bicyclic) bond motifs is 4. The quantitative estimate of drug-likeness (QED) is 0.118. The Labute approximate surface area is 423 Å². The van der Waals surface area contributed by atoms with Crippen LogP contribution in [0.4, 0.5) is 22.7 Å². The number of aryl methyl sites for hydroxylation is 1. The van der Waals surface area contributed by atoms with Gasteiger partial charge in [0.2, 0.25) is 0 Å².